The van der Waals surface area contributed by atoms with Crippen LogP contribution in [-0.2, 0) is 24.4 Å². The van der Waals surface area contributed by atoms with Crippen LogP contribution in [0.3, 0.4) is 0 Å². The van der Waals surface area contributed by atoms with E-state index in [1.54, 1.807) is 37.3 Å². The van der Waals surface area contributed by atoms with E-state index in [2.05, 4.69) is 14.9 Å². The molecule has 1 saturated heterocycles. The number of carbonyl (C=O) groups is 4. The number of carboxylic acids is 1. The van der Waals surface area contributed by atoms with E-state index < -0.39 is 51.2 Å². The Morgan fingerprint density at radius 1 is 1.16 bits per heavy atom. The average Bonchev–Trinajstić information content (AvgIpc) is 3.41. The summed E-state index contributed by atoms with van der Waals surface area (Å²) in [6, 6.07) is 11.2. The normalized spacial score (nSPS) is 18.7. The molecule has 0 radical (unpaired) electrons. The Morgan fingerprint density at radius 2 is 1.84 bits per heavy atom. The van der Waals surface area contributed by atoms with Crippen molar-refractivity contribution in [1.29, 1.82) is 0 Å². The summed E-state index contributed by atoms with van der Waals surface area (Å²) in [6.07, 6.45) is 0.913. The number of carboxylic acid groups (broad SMARTS) is 1. The van der Waals surface area contributed by atoms with Crippen molar-refractivity contribution in [2.24, 2.45) is 5.73 Å². The zero-order valence-corrected chi connectivity index (χ0v) is 26.5. The molecule has 3 amide bonds. The number of carbonyl (C=O) groups excluding carboxylic acids is 3. The smallest absolute Gasteiger partial charge is 0.352 e. The number of nitrogens with zero attached hydrogens (tertiary/aromatic N) is 4. The summed E-state index contributed by atoms with van der Waals surface area (Å²) < 4.78 is 27.0. The lowest BCUT2D eigenvalue weighted by atomic mass is 9.97. The van der Waals surface area contributed by atoms with Crippen molar-refractivity contribution in [2.75, 3.05) is 22.5 Å². The molecule has 1 fully saturated rings. The van der Waals surface area contributed by atoms with Gasteiger partial charge >= 0.3 is 5.97 Å². The second kappa shape index (κ2) is 12.7. The number of imide groups is 1. The predicted octanol–water partition coefficient (Wildman–Crippen LogP) is 2.30. The van der Waals surface area contributed by atoms with E-state index in [1.807, 2.05) is 0 Å². The Labute approximate surface area is 264 Å². The topological polar surface area (TPSA) is 193 Å². The number of aryl methyl sites for hydroxylation is 1. The zero-order valence-electron chi connectivity index (χ0n) is 23.2. The quantitative estimate of drug-likeness (QED) is 0.210. The molecule has 2 aromatic carbocycles. The number of nitrogens with one attached hydrogen (secondary N) is 1. The lowest BCUT2D eigenvalue weighted by molar-refractivity contribution is -0.157. The minimum Gasteiger partial charge on any atom is -0.477 e. The van der Waals surface area contributed by atoms with E-state index in [0.29, 0.717) is 15.5 Å². The highest BCUT2D eigenvalue weighted by Gasteiger charge is 2.59. The number of aliphatic carboxylic acids is 1. The molecule has 1 unspecified atom stereocenters. The third-order valence-corrected chi connectivity index (χ3v) is 10.7. The van der Waals surface area contributed by atoms with E-state index in [0.717, 1.165) is 21.1 Å². The number of fused-ring (bicyclic) bond motifs is 1. The number of amides is 3. The van der Waals surface area contributed by atoms with Crippen molar-refractivity contribution in [1.82, 2.24) is 20.0 Å². The lowest BCUT2D eigenvalue weighted by Gasteiger charge is -2.52. The molecule has 0 spiro atoms. The summed E-state index contributed by atoms with van der Waals surface area (Å²) in [5, 5.41) is 18.0. The highest BCUT2D eigenvalue weighted by atomic mass is 32.2. The SMILES string of the molecule is Cc1nnc(SCC2=C(C(=O)O)N3C(=O)C(N(C(=O)c4ccccc4NS(C)(=O)=O)C(=O)[C@H](N)c4ccccc4)[C@H]3SC2)s1. The number of benzene rings is 2. The fraction of sp³-hybridized carbons (Fsp3) is 0.259. The van der Waals surface area contributed by atoms with Crippen molar-refractivity contribution >= 4 is 74.3 Å². The molecule has 3 heterocycles. The van der Waals surface area contributed by atoms with Crippen LogP contribution in [0.5, 0.6) is 0 Å². The van der Waals surface area contributed by atoms with Gasteiger partial charge in [-0.05, 0) is 30.2 Å². The van der Waals surface area contributed by atoms with Crippen LogP contribution in [0.1, 0.15) is 27.0 Å². The minimum absolute atomic E-state index is 0.0941. The molecule has 0 saturated carbocycles. The van der Waals surface area contributed by atoms with Gasteiger partial charge in [0.15, 0.2) is 4.34 Å². The number of hydrogen-bond acceptors (Lipinski definition) is 12. The van der Waals surface area contributed by atoms with Crippen molar-refractivity contribution in [3.8, 4) is 0 Å². The zero-order chi connectivity index (χ0) is 31.8. The van der Waals surface area contributed by atoms with Gasteiger partial charge in [0, 0.05) is 11.5 Å². The monoisotopic (exact) mass is 674 g/mol. The van der Waals surface area contributed by atoms with Gasteiger partial charge in [-0.15, -0.1) is 22.0 Å². The number of nitrogens with two attached hydrogens (primary N) is 1. The van der Waals surface area contributed by atoms with E-state index >= 15 is 0 Å². The first-order chi connectivity index (χ1) is 20.9. The maximum atomic E-state index is 14.1. The van der Waals surface area contributed by atoms with E-state index in [1.165, 1.54) is 59.1 Å². The molecule has 3 atom stereocenters. The molecule has 13 nitrogen and oxygen atoms in total. The molecular weight excluding hydrogens is 649 g/mol. The number of rotatable bonds is 10. The van der Waals surface area contributed by atoms with Gasteiger partial charge in [0.25, 0.3) is 17.7 Å². The van der Waals surface area contributed by atoms with Gasteiger partial charge in [-0.2, -0.15) is 0 Å². The van der Waals surface area contributed by atoms with Crippen LogP contribution in [0.25, 0.3) is 0 Å². The lowest BCUT2D eigenvalue weighted by Crippen LogP contribution is -2.72. The van der Waals surface area contributed by atoms with Crippen LogP contribution >= 0.6 is 34.9 Å². The molecule has 5 rings (SSSR count). The average molecular weight is 675 g/mol. The third kappa shape index (κ3) is 6.37. The van der Waals surface area contributed by atoms with Crippen LogP contribution in [0, 0.1) is 6.92 Å². The Kier molecular flexibility index (Phi) is 9.12. The van der Waals surface area contributed by atoms with E-state index in [-0.39, 0.29) is 28.5 Å². The number of para-hydroxylation sites is 1. The van der Waals surface area contributed by atoms with Gasteiger partial charge < -0.3 is 10.8 Å². The molecule has 0 bridgehead atoms. The summed E-state index contributed by atoms with van der Waals surface area (Å²) >= 11 is 3.88. The van der Waals surface area contributed by atoms with E-state index in [9.17, 15) is 32.7 Å². The second-order valence-electron chi connectivity index (χ2n) is 9.81. The Hall–Kier alpha value is -3.77. The molecule has 1 aromatic heterocycles. The minimum atomic E-state index is -3.82. The molecule has 2 aliphatic heterocycles. The van der Waals surface area contributed by atoms with Crippen LogP contribution in [-0.4, -0.2) is 86.4 Å². The van der Waals surface area contributed by atoms with Gasteiger partial charge in [-0.25, -0.2) is 13.2 Å². The molecule has 44 heavy (non-hydrogen) atoms. The molecule has 2 aliphatic rings. The van der Waals surface area contributed by atoms with Gasteiger partial charge in [0.05, 0.1) is 17.5 Å². The molecule has 230 valence electrons. The maximum Gasteiger partial charge on any atom is 0.352 e. The summed E-state index contributed by atoms with van der Waals surface area (Å²) in [4.78, 5) is 56.1. The standard InChI is InChI=1S/C27H26N6O7S4/c1-14-29-30-27(43-14)42-13-16-12-41-25-21(24(36)33(25)20(16)26(37)38)32(23(35)19(28)15-8-4-3-5-9-15)22(34)17-10-6-7-11-18(17)31-44(2,39)40/h3-11,19,21,25,31H,12-13,28H2,1-2H3,(H,37,38)/t19-,21?,25-/m1/s1. The summed E-state index contributed by atoms with van der Waals surface area (Å²) in [7, 11) is -3.82. The number of β-lactam (4-membered cyclic amide) rings is 1. The fourth-order valence-electron chi connectivity index (χ4n) is 4.77. The van der Waals surface area contributed by atoms with Crippen molar-refractivity contribution in [2.45, 2.75) is 28.7 Å². The number of anilines is 1. The first-order valence-electron chi connectivity index (χ1n) is 12.9. The molecule has 3 aromatic rings. The van der Waals surface area contributed by atoms with Crippen molar-refractivity contribution in [3.05, 3.63) is 82.0 Å². The highest BCUT2D eigenvalue weighted by Crippen LogP contribution is 2.44. The summed E-state index contributed by atoms with van der Waals surface area (Å²) in [5.41, 5.74) is 6.69. The largest absolute Gasteiger partial charge is 0.477 e. The Morgan fingerprint density at radius 3 is 2.48 bits per heavy atom. The second-order valence-corrected chi connectivity index (χ2v) is 15.1. The first-order valence-corrected chi connectivity index (χ1v) is 17.7. The van der Waals surface area contributed by atoms with Crippen LogP contribution in [0.15, 0.2) is 70.2 Å². The third-order valence-electron chi connectivity index (χ3n) is 6.71. The Bertz CT molecular complexity index is 1780. The summed E-state index contributed by atoms with van der Waals surface area (Å²) in [5.74, 6) is -3.49. The highest BCUT2D eigenvalue weighted by molar-refractivity contribution is 8.01. The molecular formula is C27H26N6O7S4. The maximum absolute atomic E-state index is 14.1. The van der Waals surface area contributed by atoms with Crippen molar-refractivity contribution in [3.63, 3.8) is 0 Å². The number of hydrogen-bond donors (Lipinski definition) is 3. The fourth-order valence-corrected chi connectivity index (χ4v) is 8.69. The summed E-state index contributed by atoms with van der Waals surface area (Å²) in [6.45, 7) is 1.80. The molecule has 0 aliphatic carbocycles. The van der Waals surface area contributed by atoms with Gasteiger partial charge in [0.2, 0.25) is 10.0 Å². The van der Waals surface area contributed by atoms with Crippen LogP contribution < -0.4 is 10.5 Å². The first kappa shape index (κ1) is 31.6. The van der Waals surface area contributed by atoms with E-state index in [4.69, 9.17) is 5.73 Å². The van der Waals surface area contributed by atoms with Crippen LogP contribution in [0.4, 0.5) is 5.69 Å². The predicted molar refractivity (Wildman–Crippen MR) is 166 cm³/mol. The van der Waals surface area contributed by atoms with Gasteiger partial charge in [0.1, 0.15) is 28.2 Å². The number of sulfonamides is 1. The molecule has 4 N–H and O–H groups in total. The van der Waals surface area contributed by atoms with Gasteiger partial charge in [-0.3, -0.25) is 28.9 Å². The number of aromatic nitrogens is 2. The van der Waals surface area contributed by atoms with Gasteiger partial charge in [-0.1, -0.05) is 65.6 Å². The number of thioether (sulfide) groups is 2. The van der Waals surface area contributed by atoms with Crippen molar-refractivity contribution < 1.29 is 32.7 Å². The molecule has 17 heteroatoms. The Balaban J connectivity index is 1.51. The van der Waals surface area contributed by atoms with Crippen LogP contribution in [0.2, 0.25) is 0 Å².